The van der Waals surface area contributed by atoms with Gasteiger partial charge in [0.2, 0.25) is 0 Å². The molecule has 0 radical (unpaired) electrons. The van der Waals surface area contributed by atoms with Crippen molar-refractivity contribution in [2.24, 2.45) is 7.05 Å². The second-order valence-corrected chi connectivity index (χ2v) is 6.06. The Balaban J connectivity index is 2.19. The third kappa shape index (κ3) is 3.03. The monoisotopic (exact) mass is 385 g/mol. The highest BCUT2D eigenvalue weighted by Crippen LogP contribution is 2.27. The van der Waals surface area contributed by atoms with Gasteiger partial charge in [-0.3, -0.25) is 4.68 Å². The van der Waals surface area contributed by atoms with E-state index in [-0.39, 0.29) is 0 Å². The van der Waals surface area contributed by atoms with E-state index in [1.807, 2.05) is 11.7 Å². The quantitative estimate of drug-likeness (QED) is 0.842. The van der Waals surface area contributed by atoms with Gasteiger partial charge in [-0.1, -0.05) is 19.1 Å². The molecule has 1 heterocycles. The zero-order valence-electron chi connectivity index (χ0n) is 11.3. The summed E-state index contributed by atoms with van der Waals surface area (Å²) in [6.45, 7) is 4.94. The normalized spacial score (nSPS) is 10.8. The molecule has 0 spiro atoms. The molecule has 0 atom stereocenters. The van der Waals surface area contributed by atoms with Crippen LogP contribution in [0.1, 0.15) is 23.9 Å². The number of aryl methyl sites for hydroxylation is 3. The van der Waals surface area contributed by atoms with Crippen LogP contribution in [0.5, 0.6) is 0 Å². The lowest BCUT2D eigenvalue weighted by atomic mass is 10.2. The molecule has 2 rings (SSSR count). The fourth-order valence-electron chi connectivity index (χ4n) is 1.97. The fourth-order valence-corrected chi connectivity index (χ4v) is 3.14. The number of nitrogens with one attached hydrogen (secondary N) is 1. The lowest BCUT2D eigenvalue weighted by molar-refractivity contribution is 0.706. The van der Waals surface area contributed by atoms with E-state index in [1.54, 1.807) is 0 Å². The third-order valence-electron chi connectivity index (χ3n) is 3.14. The van der Waals surface area contributed by atoms with Crippen LogP contribution in [0.25, 0.3) is 0 Å². The summed E-state index contributed by atoms with van der Waals surface area (Å²) >= 11 is 7.25. The molecule has 0 aliphatic heterocycles. The molecule has 2 aromatic rings. The minimum absolute atomic E-state index is 0.742. The van der Waals surface area contributed by atoms with E-state index < -0.39 is 0 Å². The smallest absolute Gasteiger partial charge is 0.0767 e. The van der Waals surface area contributed by atoms with Crippen molar-refractivity contribution in [1.29, 1.82) is 0 Å². The van der Waals surface area contributed by atoms with Gasteiger partial charge in [-0.05, 0) is 56.8 Å². The Morgan fingerprint density at radius 1 is 1.26 bits per heavy atom. The van der Waals surface area contributed by atoms with Crippen LogP contribution >= 0.6 is 31.9 Å². The number of benzene rings is 1. The standard InChI is InChI=1S/C14H17Br2N3/c1-4-10-14(16)12(19(3)18-10)8-17-11-7-5-6-9(2)13(11)15/h5-7,17H,4,8H2,1-3H3. The number of rotatable bonds is 4. The number of halogens is 2. The second kappa shape index (κ2) is 6.09. The first-order valence-corrected chi connectivity index (χ1v) is 7.82. The van der Waals surface area contributed by atoms with Crippen molar-refractivity contribution >= 4 is 37.5 Å². The molecule has 0 aliphatic carbocycles. The molecule has 1 aromatic heterocycles. The number of anilines is 1. The minimum Gasteiger partial charge on any atom is -0.378 e. The zero-order valence-corrected chi connectivity index (χ0v) is 14.5. The molecule has 3 nitrogen and oxygen atoms in total. The van der Waals surface area contributed by atoms with Crippen LogP contribution < -0.4 is 5.32 Å². The summed E-state index contributed by atoms with van der Waals surface area (Å²) in [5, 5.41) is 7.95. The number of hydrogen-bond acceptors (Lipinski definition) is 2. The fraction of sp³-hybridized carbons (Fsp3) is 0.357. The molecule has 0 fully saturated rings. The maximum Gasteiger partial charge on any atom is 0.0767 e. The molecule has 1 N–H and O–H groups in total. The van der Waals surface area contributed by atoms with Crippen molar-refractivity contribution in [3.63, 3.8) is 0 Å². The first-order valence-electron chi connectivity index (χ1n) is 6.23. The lowest BCUT2D eigenvalue weighted by Crippen LogP contribution is -2.06. The summed E-state index contributed by atoms with van der Waals surface area (Å²) in [5.41, 5.74) is 4.59. The van der Waals surface area contributed by atoms with Crippen LogP contribution in [-0.4, -0.2) is 9.78 Å². The predicted octanol–water partition coefficient (Wildman–Crippen LogP) is 4.43. The maximum absolute atomic E-state index is 4.50. The molecule has 0 bridgehead atoms. The molecule has 19 heavy (non-hydrogen) atoms. The van der Waals surface area contributed by atoms with Gasteiger partial charge in [0.15, 0.2) is 0 Å². The van der Waals surface area contributed by atoms with Crippen LogP contribution in [-0.2, 0) is 20.0 Å². The number of aromatic nitrogens is 2. The topological polar surface area (TPSA) is 29.9 Å². The molecule has 0 unspecified atom stereocenters. The largest absolute Gasteiger partial charge is 0.378 e. The summed E-state index contributed by atoms with van der Waals surface area (Å²) in [7, 11) is 1.98. The Labute approximate surface area is 130 Å². The van der Waals surface area contributed by atoms with Crippen molar-refractivity contribution in [2.75, 3.05) is 5.32 Å². The van der Waals surface area contributed by atoms with E-state index in [9.17, 15) is 0 Å². The average Bonchev–Trinajstić information content (AvgIpc) is 2.66. The Morgan fingerprint density at radius 2 is 2.00 bits per heavy atom. The second-order valence-electron chi connectivity index (χ2n) is 4.47. The van der Waals surface area contributed by atoms with Crippen LogP contribution in [0, 0.1) is 6.92 Å². The van der Waals surface area contributed by atoms with E-state index in [2.05, 4.69) is 74.3 Å². The first-order chi connectivity index (χ1) is 9.04. The molecule has 0 amide bonds. The summed E-state index contributed by atoms with van der Waals surface area (Å²) in [5.74, 6) is 0. The van der Waals surface area contributed by atoms with Gasteiger partial charge in [0.25, 0.3) is 0 Å². The van der Waals surface area contributed by atoms with Gasteiger partial charge in [0.05, 0.1) is 22.4 Å². The van der Waals surface area contributed by atoms with Gasteiger partial charge in [-0.15, -0.1) is 0 Å². The van der Waals surface area contributed by atoms with Crippen LogP contribution in [0.3, 0.4) is 0 Å². The maximum atomic E-state index is 4.50. The first kappa shape index (κ1) is 14.6. The van der Waals surface area contributed by atoms with E-state index in [0.29, 0.717) is 0 Å². The summed E-state index contributed by atoms with van der Waals surface area (Å²) in [4.78, 5) is 0. The highest BCUT2D eigenvalue weighted by Gasteiger charge is 2.12. The molecular weight excluding hydrogens is 370 g/mol. The summed E-state index contributed by atoms with van der Waals surface area (Å²) in [6.07, 6.45) is 0.933. The van der Waals surface area contributed by atoms with E-state index in [4.69, 9.17) is 0 Å². The predicted molar refractivity (Wildman–Crippen MR) is 86.5 cm³/mol. The number of nitrogens with zero attached hydrogens (tertiary/aromatic N) is 2. The van der Waals surface area contributed by atoms with Gasteiger partial charge >= 0.3 is 0 Å². The molecule has 0 saturated carbocycles. The molecule has 5 heteroatoms. The molecule has 0 saturated heterocycles. The molecule has 1 aromatic carbocycles. The van der Waals surface area contributed by atoms with Crippen molar-refractivity contribution in [3.8, 4) is 0 Å². The Kier molecular flexibility index (Phi) is 4.68. The lowest BCUT2D eigenvalue weighted by Gasteiger charge is -2.10. The van der Waals surface area contributed by atoms with Gasteiger partial charge < -0.3 is 5.32 Å². The van der Waals surface area contributed by atoms with Crippen molar-refractivity contribution in [1.82, 2.24) is 9.78 Å². The SMILES string of the molecule is CCc1nn(C)c(CNc2cccc(C)c2Br)c1Br. The van der Waals surface area contributed by atoms with E-state index >= 15 is 0 Å². The highest BCUT2D eigenvalue weighted by atomic mass is 79.9. The number of hydrogen-bond donors (Lipinski definition) is 1. The van der Waals surface area contributed by atoms with E-state index in [0.717, 1.165) is 39.0 Å². The van der Waals surface area contributed by atoms with Crippen molar-refractivity contribution in [2.45, 2.75) is 26.8 Å². The molecule has 102 valence electrons. The summed E-state index contributed by atoms with van der Waals surface area (Å²) < 4.78 is 4.15. The van der Waals surface area contributed by atoms with Crippen molar-refractivity contribution < 1.29 is 0 Å². The van der Waals surface area contributed by atoms with E-state index in [1.165, 1.54) is 5.56 Å². The Morgan fingerprint density at radius 3 is 2.63 bits per heavy atom. The van der Waals surface area contributed by atoms with Gasteiger partial charge in [0.1, 0.15) is 0 Å². The highest BCUT2D eigenvalue weighted by molar-refractivity contribution is 9.11. The van der Waals surface area contributed by atoms with Gasteiger partial charge in [-0.25, -0.2) is 0 Å². The van der Waals surface area contributed by atoms with Crippen molar-refractivity contribution in [3.05, 3.63) is 44.1 Å². The van der Waals surface area contributed by atoms with Crippen LogP contribution in [0.15, 0.2) is 27.1 Å². The molecule has 0 aliphatic rings. The van der Waals surface area contributed by atoms with Crippen LogP contribution in [0.2, 0.25) is 0 Å². The average molecular weight is 387 g/mol. The summed E-state index contributed by atoms with van der Waals surface area (Å²) in [6, 6.07) is 6.21. The Bertz CT molecular complexity index is 591. The zero-order chi connectivity index (χ0) is 14.0. The van der Waals surface area contributed by atoms with Gasteiger partial charge in [0, 0.05) is 17.2 Å². The third-order valence-corrected chi connectivity index (χ3v) is 5.11. The molecular formula is C14H17Br2N3. The minimum atomic E-state index is 0.742. The van der Waals surface area contributed by atoms with Crippen LogP contribution in [0.4, 0.5) is 5.69 Å². The van der Waals surface area contributed by atoms with Gasteiger partial charge in [-0.2, -0.15) is 5.10 Å². The Hall–Kier alpha value is -0.810.